The van der Waals surface area contributed by atoms with E-state index < -0.39 is 6.17 Å². The molecule has 0 amide bonds. The van der Waals surface area contributed by atoms with Crippen molar-refractivity contribution in [2.24, 2.45) is 41.4 Å². The Labute approximate surface area is 89.0 Å². The highest BCUT2D eigenvalue weighted by atomic mass is 19.1. The van der Waals surface area contributed by atoms with Gasteiger partial charge in [-0.3, -0.25) is 0 Å². The van der Waals surface area contributed by atoms with Gasteiger partial charge in [0.15, 0.2) is 0 Å². The summed E-state index contributed by atoms with van der Waals surface area (Å²) in [6.07, 6.45) is 6.04. The van der Waals surface area contributed by atoms with Gasteiger partial charge in [0.05, 0.1) is 12.0 Å². The summed E-state index contributed by atoms with van der Waals surface area (Å²) in [4.78, 5) is 0. The Hall–Kier alpha value is -0.840. The molecule has 1 nitrogen and oxygen atoms in total. The molecule has 0 aromatic heterocycles. The maximum absolute atomic E-state index is 14.0. The Balaban J connectivity index is 1.77. The molecular weight excluding hydrogens is 189 g/mol. The van der Waals surface area contributed by atoms with Gasteiger partial charge in [-0.1, -0.05) is 12.2 Å². The molecule has 0 N–H and O–H groups in total. The van der Waals surface area contributed by atoms with E-state index in [4.69, 9.17) is 5.26 Å². The van der Waals surface area contributed by atoms with Crippen molar-refractivity contribution in [1.29, 1.82) is 5.26 Å². The quantitative estimate of drug-likeness (QED) is 0.438. The second-order valence-electron chi connectivity index (χ2n) is 5.77. The van der Waals surface area contributed by atoms with Crippen LogP contribution in [0.2, 0.25) is 0 Å². The molecule has 0 aromatic carbocycles. The molecule has 3 saturated carbocycles. The first kappa shape index (κ1) is 8.33. The van der Waals surface area contributed by atoms with E-state index in [-0.39, 0.29) is 11.8 Å². The Kier molecular flexibility index (Phi) is 1.36. The summed E-state index contributed by atoms with van der Waals surface area (Å²) in [6, 6.07) is 2.22. The Bertz CT molecular complexity index is 382. The molecule has 4 aliphatic rings. The first-order chi connectivity index (χ1) is 7.31. The van der Waals surface area contributed by atoms with Crippen molar-refractivity contribution in [3.8, 4) is 6.07 Å². The number of rotatable bonds is 0. The summed E-state index contributed by atoms with van der Waals surface area (Å²) >= 11 is 0. The standard InChI is InChI=1S/C13H14FN/c14-13-9-4-8(10(13)5-15)11-6-1-2-7(3-6)12(9)11/h1-2,6-13H,3-4H2. The number of nitriles is 1. The zero-order valence-corrected chi connectivity index (χ0v) is 8.51. The number of alkyl halides is 1. The summed E-state index contributed by atoms with van der Waals surface area (Å²) in [7, 11) is 0. The van der Waals surface area contributed by atoms with E-state index in [2.05, 4.69) is 18.2 Å². The summed E-state index contributed by atoms with van der Waals surface area (Å²) in [5, 5.41) is 9.04. The van der Waals surface area contributed by atoms with Crippen molar-refractivity contribution in [2.45, 2.75) is 19.0 Å². The van der Waals surface area contributed by atoms with Gasteiger partial charge in [-0.15, -0.1) is 0 Å². The van der Waals surface area contributed by atoms with Gasteiger partial charge in [-0.2, -0.15) is 5.26 Å². The van der Waals surface area contributed by atoms with Gasteiger partial charge in [-0.25, -0.2) is 4.39 Å². The van der Waals surface area contributed by atoms with E-state index in [0.717, 1.165) is 6.42 Å². The molecule has 4 aliphatic carbocycles. The van der Waals surface area contributed by atoms with Crippen LogP contribution in [-0.2, 0) is 0 Å². The second kappa shape index (κ2) is 2.45. The predicted octanol–water partition coefficient (Wildman–Crippen LogP) is 2.55. The third-order valence-electron chi connectivity index (χ3n) is 5.48. The molecule has 4 bridgehead atoms. The fourth-order valence-corrected chi connectivity index (χ4v) is 5.13. The Morgan fingerprint density at radius 1 is 1.07 bits per heavy atom. The maximum atomic E-state index is 14.0. The maximum Gasteiger partial charge on any atom is 0.119 e. The molecule has 2 heteroatoms. The summed E-state index contributed by atoms with van der Waals surface area (Å²) in [5.74, 6) is 2.87. The second-order valence-corrected chi connectivity index (χ2v) is 5.77. The molecule has 0 saturated heterocycles. The van der Waals surface area contributed by atoms with Crippen LogP contribution in [0.5, 0.6) is 0 Å². The molecule has 0 aliphatic heterocycles. The molecule has 8 atom stereocenters. The minimum absolute atomic E-state index is 0.213. The van der Waals surface area contributed by atoms with Crippen molar-refractivity contribution < 1.29 is 4.39 Å². The monoisotopic (exact) mass is 203 g/mol. The van der Waals surface area contributed by atoms with Gasteiger partial charge < -0.3 is 0 Å². The van der Waals surface area contributed by atoms with Gasteiger partial charge in [0.25, 0.3) is 0 Å². The van der Waals surface area contributed by atoms with Crippen LogP contribution in [0.15, 0.2) is 12.2 Å². The lowest BCUT2D eigenvalue weighted by Gasteiger charge is -2.36. The molecule has 0 aromatic rings. The topological polar surface area (TPSA) is 23.8 Å². The average Bonchev–Trinajstić information content (AvgIpc) is 2.94. The molecule has 0 spiro atoms. The van der Waals surface area contributed by atoms with Crippen LogP contribution in [0.3, 0.4) is 0 Å². The van der Waals surface area contributed by atoms with Crippen LogP contribution in [0.25, 0.3) is 0 Å². The fraction of sp³-hybridized carbons (Fsp3) is 0.769. The third kappa shape index (κ3) is 0.769. The van der Waals surface area contributed by atoms with Crippen LogP contribution in [0.4, 0.5) is 4.39 Å². The first-order valence-electron chi connectivity index (χ1n) is 6.03. The lowest BCUT2D eigenvalue weighted by atomic mass is 9.69. The van der Waals surface area contributed by atoms with E-state index in [0.29, 0.717) is 29.6 Å². The number of fused-ring (bicyclic) bond motifs is 9. The van der Waals surface area contributed by atoms with Crippen LogP contribution in [0, 0.1) is 52.8 Å². The van der Waals surface area contributed by atoms with Gasteiger partial charge in [0.1, 0.15) is 6.17 Å². The van der Waals surface area contributed by atoms with Gasteiger partial charge in [0, 0.05) is 0 Å². The third-order valence-corrected chi connectivity index (χ3v) is 5.48. The Morgan fingerprint density at radius 3 is 2.40 bits per heavy atom. The minimum Gasteiger partial charge on any atom is -0.246 e. The van der Waals surface area contributed by atoms with E-state index in [1.165, 1.54) is 6.42 Å². The first-order valence-corrected chi connectivity index (χ1v) is 6.03. The van der Waals surface area contributed by atoms with Crippen molar-refractivity contribution in [2.75, 3.05) is 0 Å². The molecule has 8 unspecified atom stereocenters. The van der Waals surface area contributed by atoms with E-state index >= 15 is 0 Å². The van der Waals surface area contributed by atoms with Crippen LogP contribution < -0.4 is 0 Å². The molecule has 4 rings (SSSR count). The predicted molar refractivity (Wildman–Crippen MR) is 53.3 cm³/mol. The number of nitrogens with zero attached hydrogens (tertiary/aromatic N) is 1. The average molecular weight is 203 g/mol. The van der Waals surface area contributed by atoms with E-state index in [9.17, 15) is 4.39 Å². The highest BCUT2D eigenvalue weighted by Crippen LogP contribution is 2.67. The van der Waals surface area contributed by atoms with Crippen LogP contribution >= 0.6 is 0 Å². The molecular formula is C13H14FN. The van der Waals surface area contributed by atoms with Crippen molar-refractivity contribution in [3.05, 3.63) is 12.2 Å². The zero-order chi connectivity index (χ0) is 10.2. The summed E-state index contributed by atoms with van der Waals surface area (Å²) in [6.45, 7) is 0. The fourth-order valence-electron chi connectivity index (χ4n) is 5.13. The number of allylic oxidation sites excluding steroid dienone is 2. The minimum atomic E-state index is -0.825. The molecule has 0 radical (unpaired) electrons. The number of hydrogen-bond donors (Lipinski definition) is 0. The normalized spacial score (nSPS) is 63.5. The largest absolute Gasteiger partial charge is 0.246 e. The highest BCUT2D eigenvalue weighted by Gasteiger charge is 2.65. The smallest absolute Gasteiger partial charge is 0.119 e. The number of halogens is 1. The van der Waals surface area contributed by atoms with Gasteiger partial charge >= 0.3 is 0 Å². The zero-order valence-electron chi connectivity index (χ0n) is 8.51. The van der Waals surface area contributed by atoms with Crippen molar-refractivity contribution in [3.63, 3.8) is 0 Å². The lowest BCUT2D eigenvalue weighted by molar-refractivity contribution is 0.0831. The van der Waals surface area contributed by atoms with Crippen LogP contribution in [0.1, 0.15) is 12.8 Å². The van der Waals surface area contributed by atoms with Gasteiger partial charge in [0.2, 0.25) is 0 Å². The summed E-state index contributed by atoms with van der Waals surface area (Å²) in [5.41, 5.74) is 0. The van der Waals surface area contributed by atoms with Crippen LogP contribution in [-0.4, -0.2) is 6.17 Å². The van der Waals surface area contributed by atoms with Gasteiger partial charge in [-0.05, 0) is 48.3 Å². The molecule has 15 heavy (non-hydrogen) atoms. The number of hydrogen-bond acceptors (Lipinski definition) is 1. The highest BCUT2D eigenvalue weighted by molar-refractivity contribution is 5.24. The summed E-state index contributed by atoms with van der Waals surface area (Å²) < 4.78 is 14.0. The van der Waals surface area contributed by atoms with Crippen molar-refractivity contribution >= 4 is 0 Å². The SMILES string of the molecule is N#CC1C(F)C2CC1C1C3C=CC(C3)C21. The van der Waals surface area contributed by atoms with E-state index in [1.807, 2.05) is 0 Å². The molecule has 3 fully saturated rings. The molecule has 0 heterocycles. The lowest BCUT2D eigenvalue weighted by Crippen LogP contribution is -2.37. The van der Waals surface area contributed by atoms with Crippen molar-refractivity contribution in [1.82, 2.24) is 0 Å². The van der Waals surface area contributed by atoms with E-state index in [1.54, 1.807) is 0 Å². The molecule has 78 valence electrons. The Morgan fingerprint density at radius 2 is 1.73 bits per heavy atom.